The molecule has 0 saturated carbocycles. The lowest BCUT2D eigenvalue weighted by atomic mass is 9.92. The number of nitrogens with one attached hydrogen (secondary N) is 1. The molecule has 2 unspecified atom stereocenters. The van der Waals surface area contributed by atoms with Crippen molar-refractivity contribution in [2.45, 2.75) is 26.7 Å². The molecular formula is C18H28N2O3. The number of phenolic OH excluding ortho intramolecular Hbond substituents is 1. The van der Waals surface area contributed by atoms with Crippen molar-refractivity contribution in [3.8, 4) is 11.5 Å². The number of likely N-dealkylation sites (tertiary alicyclic amines) is 1. The van der Waals surface area contributed by atoms with Crippen LogP contribution < -0.4 is 10.1 Å². The number of methoxy groups -OCH3 is 1. The smallest absolute Gasteiger partial charge is 0.255 e. The zero-order chi connectivity index (χ0) is 16.8. The minimum atomic E-state index is -0.262. The van der Waals surface area contributed by atoms with Crippen molar-refractivity contribution in [3.63, 3.8) is 0 Å². The molecule has 1 aliphatic rings. The highest BCUT2D eigenvalue weighted by Crippen LogP contribution is 2.23. The molecule has 0 aromatic heterocycles. The molecule has 0 bridgehead atoms. The Balaban J connectivity index is 1.77. The number of amides is 1. The van der Waals surface area contributed by atoms with Gasteiger partial charge in [0, 0.05) is 19.6 Å². The van der Waals surface area contributed by atoms with Crippen LogP contribution in [0.2, 0.25) is 0 Å². The van der Waals surface area contributed by atoms with Gasteiger partial charge in [-0.1, -0.05) is 13.8 Å². The maximum absolute atomic E-state index is 12.1. The van der Waals surface area contributed by atoms with E-state index >= 15 is 0 Å². The number of rotatable bonds is 6. The molecule has 128 valence electrons. The molecule has 2 rings (SSSR count). The predicted octanol–water partition coefficient (Wildman–Crippen LogP) is 2.50. The summed E-state index contributed by atoms with van der Waals surface area (Å²) in [5.41, 5.74) is 0.254. The lowest BCUT2D eigenvalue weighted by molar-refractivity contribution is 0.0944. The molecule has 5 heteroatoms. The fourth-order valence-electron chi connectivity index (χ4n) is 3.40. The number of nitrogens with zero attached hydrogens (tertiary/aromatic N) is 1. The average molecular weight is 320 g/mol. The lowest BCUT2D eigenvalue weighted by Gasteiger charge is -2.34. The van der Waals surface area contributed by atoms with E-state index < -0.39 is 0 Å². The van der Waals surface area contributed by atoms with Crippen LogP contribution in [0.1, 0.15) is 37.0 Å². The summed E-state index contributed by atoms with van der Waals surface area (Å²) >= 11 is 0. The molecule has 0 aliphatic carbocycles. The molecule has 1 fully saturated rings. The van der Waals surface area contributed by atoms with Crippen LogP contribution in [0.3, 0.4) is 0 Å². The fraction of sp³-hybridized carbons (Fsp3) is 0.611. The number of phenols is 1. The van der Waals surface area contributed by atoms with Gasteiger partial charge in [0.2, 0.25) is 0 Å². The van der Waals surface area contributed by atoms with Crippen molar-refractivity contribution in [1.82, 2.24) is 10.2 Å². The monoisotopic (exact) mass is 320 g/mol. The highest BCUT2D eigenvalue weighted by molar-refractivity contribution is 5.97. The Morgan fingerprint density at radius 1 is 1.35 bits per heavy atom. The number of aromatic hydroxyl groups is 1. The molecule has 1 aromatic rings. The summed E-state index contributed by atoms with van der Waals surface area (Å²) in [6.07, 6.45) is 2.22. The van der Waals surface area contributed by atoms with Gasteiger partial charge in [-0.2, -0.15) is 0 Å². The third-order valence-corrected chi connectivity index (χ3v) is 4.33. The van der Waals surface area contributed by atoms with Gasteiger partial charge in [-0.3, -0.25) is 4.79 Å². The van der Waals surface area contributed by atoms with Gasteiger partial charge in [-0.05, 0) is 49.4 Å². The second-order valence-electron chi connectivity index (χ2n) is 6.70. The van der Waals surface area contributed by atoms with E-state index in [9.17, 15) is 9.90 Å². The Kier molecular flexibility index (Phi) is 6.28. The third-order valence-electron chi connectivity index (χ3n) is 4.33. The van der Waals surface area contributed by atoms with E-state index in [4.69, 9.17) is 4.74 Å². The number of piperidine rings is 1. The topological polar surface area (TPSA) is 61.8 Å². The number of benzene rings is 1. The molecule has 2 N–H and O–H groups in total. The van der Waals surface area contributed by atoms with Crippen LogP contribution in [-0.4, -0.2) is 49.2 Å². The second-order valence-corrected chi connectivity index (χ2v) is 6.70. The van der Waals surface area contributed by atoms with E-state index in [1.807, 2.05) is 0 Å². The quantitative estimate of drug-likeness (QED) is 0.791. The molecule has 5 nitrogen and oxygen atoms in total. The van der Waals surface area contributed by atoms with Crippen molar-refractivity contribution in [3.05, 3.63) is 23.8 Å². The minimum Gasteiger partial charge on any atom is -0.507 e. The molecule has 0 radical (unpaired) electrons. The molecule has 1 aliphatic heterocycles. The predicted molar refractivity (Wildman–Crippen MR) is 91.0 cm³/mol. The molecule has 1 amide bonds. The first-order chi connectivity index (χ1) is 11.0. The first kappa shape index (κ1) is 17.6. The van der Waals surface area contributed by atoms with Gasteiger partial charge in [0.05, 0.1) is 12.7 Å². The van der Waals surface area contributed by atoms with E-state index in [0.717, 1.165) is 37.9 Å². The minimum absolute atomic E-state index is 0.0259. The van der Waals surface area contributed by atoms with Gasteiger partial charge in [-0.25, -0.2) is 0 Å². The van der Waals surface area contributed by atoms with E-state index in [-0.39, 0.29) is 17.2 Å². The summed E-state index contributed by atoms with van der Waals surface area (Å²) in [5.74, 6) is 1.78. The van der Waals surface area contributed by atoms with Gasteiger partial charge in [0.25, 0.3) is 5.91 Å². The Morgan fingerprint density at radius 2 is 2.04 bits per heavy atom. The van der Waals surface area contributed by atoms with Crippen LogP contribution >= 0.6 is 0 Å². The van der Waals surface area contributed by atoms with Crippen LogP contribution in [0.5, 0.6) is 11.5 Å². The van der Waals surface area contributed by atoms with Crippen LogP contribution in [0, 0.1) is 11.8 Å². The number of hydrogen-bond acceptors (Lipinski definition) is 4. The number of carbonyl (C=O) groups excluding carboxylic acids is 1. The standard InChI is InChI=1S/C18H28N2O3/c1-13-9-14(2)12-20(11-13)8-4-7-19-18(22)16-10-15(23-3)5-6-17(16)21/h5-6,10,13-14,21H,4,7-9,11-12H2,1-3H3,(H,19,22). The largest absolute Gasteiger partial charge is 0.507 e. The van der Waals surface area contributed by atoms with Crippen molar-refractivity contribution in [2.75, 3.05) is 33.3 Å². The SMILES string of the molecule is COc1ccc(O)c(C(=O)NCCCN2CC(C)CC(C)C2)c1. The average Bonchev–Trinajstić information content (AvgIpc) is 2.51. The summed E-state index contributed by atoms with van der Waals surface area (Å²) in [5, 5.41) is 12.7. The maximum atomic E-state index is 12.1. The normalized spacial score (nSPS) is 21.9. The van der Waals surface area contributed by atoms with Gasteiger partial charge in [0.15, 0.2) is 0 Å². The lowest BCUT2D eigenvalue weighted by Crippen LogP contribution is -2.40. The van der Waals surface area contributed by atoms with Crippen molar-refractivity contribution in [1.29, 1.82) is 0 Å². The Hall–Kier alpha value is -1.75. The van der Waals surface area contributed by atoms with E-state index in [1.165, 1.54) is 19.6 Å². The van der Waals surface area contributed by atoms with Gasteiger partial charge in [0.1, 0.15) is 11.5 Å². The summed E-state index contributed by atoms with van der Waals surface area (Å²) in [6, 6.07) is 4.66. The number of carbonyl (C=O) groups is 1. The maximum Gasteiger partial charge on any atom is 0.255 e. The molecular weight excluding hydrogens is 292 g/mol. The number of hydrogen-bond donors (Lipinski definition) is 2. The molecule has 2 atom stereocenters. The molecule has 23 heavy (non-hydrogen) atoms. The van der Waals surface area contributed by atoms with Crippen LogP contribution in [0.4, 0.5) is 0 Å². The first-order valence-electron chi connectivity index (χ1n) is 8.37. The number of ether oxygens (including phenoxy) is 1. The molecule has 1 heterocycles. The van der Waals surface area contributed by atoms with E-state index in [2.05, 4.69) is 24.1 Å². The Labute approximate surface area is 138 Å². The van der Waals surface area contributed by atoms with Crippen molar-refractivity contribution in [2.24, 2.45) is 11.8 Å². The molecule has 1 aromatic carbocycles. The summed E-state index contributed by atoms with van der Waals surface area (Å²) in [7, 11) is 1.54. The van der Waals surface area contributed by atoms with E-state index in [1.54, 1.807) is 12.1 Å². The summed E-state index contributed by atoms with van der Waals surface area (Å²) < 4.78 is 5.09. The van der Waals surface area contributed by atoms with Crippen LogP contribution in [0.15, 0.2) is 18.2 Å². The third kappa shape index (κ3) is 5.13. The van der Waals surface area contributed by atoms with Crippen molar-refractivity contribution < 1.29 is 14.6 Å². The van der Waals surface area contributed by atoms with Crippen LogP contribution in [-0.2, 0) is 0 Å². The Morgan fingerprint density at radius 3 is 2.70 bits per heavy atom. The first-order valence-corrected chi connectivity index (χ1v) is 8.37. The zero-order valence-electron chi connectivity index (χ0n) is 14.3. The highest BCUT2D eigenvalue weighted by Gasteiger charge is 2.21. The fourth-order valence-corrected chi connectivity index (χ4v) is 3.40. The summed E-state index contributed by atoms with van der Waals surface area (Å²) in [6.45, 7) is 8.50. The van der Waals surface area contributed by atoms with Crippen molar-refractivity contribution >= 4 is 5.91 Å². The summed E-state index contributed by atoms with van der Waals surface area (Å²) in [4.78, 5) is 14.6. The van der Waals surface area contributed by atoms with Crippen LogP contribution in [0.25, 0.3) is 0 Å². The Bertz CT molecular complexity index is 523. The molecule has 0 spiro atoms. The zero-order valence-corrected chi connectivity index (χ0v) is 14.3. The second kappa shape index (κ2) is 8.20. The van der Waals surface area contributed by atoms with Gasteiger partial charge in [-0.15, -0.1) is 0 Å². The van der Waals surface area contributed by atoms with Gasteiger partial charge < -0.3 is 20.1 Å². The highest BCUT2D eigenvalue weighted by atomic mass is 16.5. The molecule has 1 saturated heterocycles. The van der Waals surface area contributed by atoms with Gasteiger partial charge >= 0.3 is 0 Å². The van der Waals surface area contributed by atoms with E-state index in [0.29, 0.717) is 12.3 Å².